The maximum Gasteiger partial charge on any atom is 0.274 e. The average molecular weight is 397 g/mol. The molecule has 7 heteroatoms. The van der Waals surface area contributed by atoms with Crippen molar-refractivity contribution in [2.75, 3.05) is 17.7 Å². The minimum atomic E-state index is -0.328. The molecule has 6 nitrogen and oxygen atoms in total. The van der Waals surface area contributed by atoms with Crippen molar-refractivity contribution in [1.29, 1.82) is 0 Å². The Balaban J connectivity index is 1.83. The molecule has 0 aliphatic carbocycles. The number of carbonyl (C=O) groups is 1. The van der Waals surface area contributed by atoms with Crippen LogP contribution in [0.1, 0.15) is 27.4 Å². The minimum Gasteiger partial charge on any atom is -0.497 e. The van der Waals surface area contributed by atoms with E-state index in [0.717, 1.165) is 16.8 Å². The number of aryl methyl sites for hydroxylation is 3. The number of methoxy groups -OCH3 is 1. The van der Waals surface area contributed by atoms with Gasteiger partial charge in [-0.2, -0.15) is 0 Å². The molecule has 28 heavy (non-hydrogen) atoms. The van der Waals surface area contributed by atoms with Gasteiger partial charge in [-0.1, -0.05) is 17.7 Å². The van der Waals surface area contributed by atoms with Crippen LogP contribution < -0.4 is 15.4 Å². The second-order valence-electron chi connectivity index (χ2n) is 6.43. The predicted molar refractivity (Wildman–Crippen MR) is 112 cm³/mol. The average Bonchev–Trinajstić information content (AvgIpc) is 2.65. The smallest absolute Gasteiger partial charge is 0.274 e. The summed E-state index contributed by atoms with van der Waals surface area (Å²) < 4.78 is 5.12. The fraction of sp³-hybridized carbons (Fsp3) is 0.190. The number of nitrogens with one attached hydrogen (secondary N) is 2. The molecule has 0 spiro atoms. The molecule has 3 aromatic rings. The van der Waals surface area contributed by atoms with Gasteiger partial charge in [-0.3, -0.25) is 4.79 Å². The van der Waals surface area contributed by atoms with E-state index in [1.54, 1.807) is 44.4 Å². The Hall–Kier alpha value is -3.12. The van der Waals surface area contributed by atoms with Crippen molar-refractivity contribution in [2.45, 2.75) is 20.8 Å². The summed E-state index contributed by atoms with van der Waals surface area (Å²) in [6.07, 6.45) is 0. The highest BCUT2D eigenvalue weighted by Gasteiger charge is 2.13. The summed E-state index contributed by atoms with van der Waals surface area (Å²) in [6.45, 7) is 5.69. The first-order chi connectivity index (χ1) is 13.4. The van der Waals surface area contributed by atoms with Crippen molar-refractivity contribution in [3.8, 4) is 5.75 Å². The molecule has 1 heterocycles. The van der Waals surface area contributed by atoms with E-state index in [-0.39, 0.29) is 11.6 Å². The molecule has 0 bridgehead atoms. The van der Waals surface area contributed by atoms with Crippen LogP contribution in [-0.4, -0.2) is 23.0 Å². The summed E-state index contributed by atoms with van der Waals surface area (Å²) in [5.74, 6) is 1.37. The lowest BCUT2D eigenvalue weighted by Crippen LogP contribution is -2.15. The van der Waals surface area contributed by atoms with E-state index in [2.05, 4.69) is 20.6 Å². The van der Waals surface area contributed by atoms with E-state index in [0.29, 0.717) is 28.1 Å². The van der Waals surface area contributed by atoms with Crippen molar-refractivity contribution >= 4 is 34.7 Å². The number of ether oxygens (including phenoxy) is 1. The van der Waals surface area contributed by atoms with E-state index in [9.17, 15) is 4.79 Å². The van der Waals surface area contributed by atoms with Crippen LogP contribution in [0.2, 0.25) is 5.02 Å². The predicted octanol–water partition coefficient (Wildman–Crippen LogP) is 5.06. The number of benzene rings is 2. The second kappa shape index (κ2) is 8.27. The normalized spacial score (nSPS) is 10.5. The van der Waals surface area contributed by atoms with Crippen LogP contribution in [0.5, 0.6) is 5.75 Å². The molecule has 0 radical (unpaired) electrons. The molecule has 1 amide bonds. The number of rotatable bonds is 5. The van der Waals surface area contributed by atoms with Gasteiger partial charge in [0.15, 0.2) is 0 Å². The zero-order valence-corrected chi connectivity index (χ0v) is 16.9. The van der Waals surface area contributed by atoms with Crippen LogP contribution in [-0.2, 0) is 0 Å². The lowest BCUT2D eigenvalue weighted by molar-refractivity contribution is 0.102. The molecule has 0 atom stereocenters. The lowest BCUT2D eigenvalue weighted by Gasteiger charge is -2.13. The monoisotopic (exact) mass is 396 g/mol. The van der Waals surface area contributed by atoms with E-state index in [1.165, 1.54) is 0 Å². The Morgan fingerprint density at radius 1 is 1.04 bits per heavy atom. The Morgan fingerprint density at radius 3 is 2.39 bits per heavy atom. The van der Waals surface area contributed by atoms with Gasteiger partial charge in [0.05, 0.1) is 17.8 Å². The molecule has 0 unspecified atom stereocenters. The molecular formula is C21H21ClN4O2. The lowest BCUT2D eigenvalue weighted by atomic mass is 10.1. The third kappa shape index (κ3) is 4.58. The topological polar surface area (TPSA) is 76.1 Å². The van der Waals surface area contributed by atoms with Crippen LogP contribution in [0, 0.1) is 20.8 Å². The summed E-state index contributed by atoms with van der Waals surface area (Å²) >= 11 is 6.36. The quantitative estimate of drug-likeness (QED) is 0.630. The SMILES string of the molecule is COc1ccc(NC(=O)c2cc(Nc3c(C)cc(C)cc3Cl)nc(C)n2)cc1. The maximum atomic E-state index is 12.6. The zero-order valence-electron chi connectivity index (χ0n) is 16.1. The van der Waals surface area contributed by atoms with Crippen LogP contribution in [0.4, 0.5) is 17.2 Å². The van der Waals surface area contributed by atoms with Crippen LogP contribution >= 0.6 is 11.6 Å². The minimum absolute atomic E-state index is 0.256. The number of nitrogens with zero attached hydrogens (tertiary/aromatic N) is 2. The van der Waals surface area contributed by atoms with Gasteiger partial charge < -0.3 is 15.4 Å². The van der Waals surface area contributed by atoms with Crippen molar-refractivity contribution in [3.63, 3.8) is 0 Å². The number of anilines is 3. The standard InChI is InChI=1S/C21H21ClN4O2/c1-12-9-13(2)20(17(22)10-12)26-19-11-18(23-14(3)24-19)21(27)25-15-5-7-16(28-4)8-6-15/h5-11H,1-4H3,(H,25,27)(H,23,24,26). The number of amides is 1. The zero-order chi connectivity index (χ0) is 20.3. The summed E-state index contributed by atoms with van der Waals surface area (Å²) in [5, 5.41) is 6.62. The summed E-state index contributed by atoms with van der Waals surface area (Å²) in [7, 11) is 1.59. The third-order valence-electron chi connectivity index (χ3n) is 4.10. The van der Waals surface area contributed by atoms with Crippen molar-refractivity contribution < 1.29 is 9.53 Å². The van der Waals surface area contributed by atoms with Crippen molar-refractivity contribution in [1.82, 2.24) is 9.97 Å². The summed E-state index contributed by atoms with van der Waals surface area (Å²) in [6, 6.07) is 12.6. The molecular weight excluding hydrogens is 376 g/mol. The first-order valence-electron chi connectivity index (χ1n) is 8.70. The molecule has 0 aliphatic rings. The number of carbonyl (C=O) groups excluding carboxylic acids is 1. The molecule has 0 fully saturated rings. The van der Waals surface area contributed by atoms with Crippen molar-refractivity contribution in [3.05, 3.63) is 70.1 Å². The Bertz CT molecular complexity index is 996. The summed E-state index contributed by atoms with van der Waals surface area (Å²) in [5.41, 5.74) is 3.73. The van der Waals surface area contributed by atoms with Gasteiger partial charge in [0, 0.05) is 11.8 Å². The van der Waals surface area contributed by atoms with E-state index in [1.807, 2.05) is 26.0 Å². The van der Waals surface area contributed by atoms with Gasteiger partial charge in [-0.25, -0.2) is 9.97 Å². The third-order valence-corrected chi connectivity index (χ3v) is 4.40. The number of hydrogen-bond donors (Lipinski definition) is 2. The highest BCUT2D eigenvalue weighted by atomic mass is 35.5. The van der Waals surface area contributed by atoms with Crippen LogP contribution in [0.25, 0.3) is 0 Å². The Kier molecular flexibility index (Phi) is 5.80. The first kappa shape index (κ1) is 19.6. The molecule has 144 valence electrons. The van der Waals surface area contributed by atoms with Crippen molar-refractivity contribution in [2.24, 2.45) is 0 Å². The van der Waals surface area contributed by atoms with Crippen LogP contribution in [0.3, 0.4) is 0 Å². The Labute approximate surface area is 168 Å². The van der Waals surface area contributed by atoms with E-state index < -0.39 is 0 Å². The molecule has 2 N–H and O–H groups in total. The molecule has 0 saturated carbocycles. The van der Waals surface area contributed by atoms with Gasteiger partial charge in [0.2, 0.25) is 0 Å². The largest absolute Gasteiger partial charge is 0.497 e. The Morgan fingerprint density at radius 2 is 1.75 bits per heavy atom. The van der Waals surface area contributed by atoms with Gasteiger partial charge in [0.25, 0.3) is 5.91 Å². The second-order valence-corrected chi connectivity index (χ2v) is 6.84. The van der Waals surface area contributed by atoms with Gasteiger partial charge in [-0.15, -0.1) is 0 Å². The fourth-order valence-corrected chi connectivity index (χ4v) is 3.19. The van der Waals surface area contributed by atoms with Gasteiger partial charge in [-0.05, 0) is 62.2 Å². The molecule has 0 aliphatic heterocycles. The van der Waals surface area contributed by atoms with E-state index >= 15 is 0 Å². The molecule has 0 saturated heterocycles. The highest BCUT2D eigenvalue weighted by molar-refractivity contribution is 6.33. The van der Waals surface area contributed by atoms with E-state index in [4.69, 9.17) is 16.3 Å². The van der Waals surface area contributed by atoms with Crippen LogP contribution in [0.15, 0.2) is 42.5 Å². The highest BCUT2D eigenvalue weighted by Crippen LogP contribution is 2.30. The number of halogens is 1. The maximum absolute atomic E-state index is 12.6. The molecule has 3 rings (SSSR count). The molecule has 2 aromatic carbocycles. The van der Waals surface area contributed by atoms with Gasteiger partial charge >= 0.3 is 0 Å². The van der Waals surface area contributed by atoms with Gasteiger partial charge in [0.1, 0.15) is 23.1 Å². The number of hydrogen-bond acceptors (Lipinski definition) is 5. The first-order valence-corrected chi connectivity index (χ1v) is 9.08. The fourth-order valence-electron chi connectivity index (χ4n) is 2.82. The number of aromatic nitrogens is 2. The molecule has 1 aromatic heterocycles. The summed E-state index contributed by atoms with van der Waals surface area (Å²) in [4.78, 5) is 21.2.